The lowest BCUT2D eigenvalue weighted by molar-refractivity contribution is -0.929. The summed E-state index contributed by atoms with van der Waals surface area (Å²) in [6.45, 7) is 12.8. The predicted octanol–water partition coefficient (Wildman–Crippen LogP) is 8.50. The van der Waals surface area contributed by atoms with Gasteiger partial charge in [0.25, 0.3) is 0 Å². The molecular formula is C24H51BrN+. The molecule has 0 aromatic carbocycles. The number of hydrogen-bond donors (Lipinski definition) is 0. The minimum atomic E-state index is 1.18. The van der Waals surface area contributed by atoms with Crippen molar-refractivity contribution in [3.63, 3.8) is 0 Å². The number of alkyl halides is 1. The molecule has 0 aliphatic carbocycles. The molecule has 0 rings (SSSR count). The number of halogens is 1. The minimum Gasteiger partial charge on any atom is -0.324 e. The highest BCUT2D eigenvalue weighted by molar-refractivity contribution is 9.09. The Morgan fingerprint density at radius 2 is 0.731 bits per heavy atom. The Hall–Kier alpha value is 0.440. The van der Waals surface area contributed by atoms with Crippen molar-refractivity contribution in [3.8, 4) is 0 Å². The van der Waals surface area contributed by atoms with Crippen LogP contribution in [0.5, 0.6) is 0 Å². The van der Waals surface area contributed by atoms with Crippen molar-refractivity contribution in [2.45, 2.75) is 124 Å². The normalized spacial score (nSPS) is 12.0. The summed E-state index contributed by atoms with van der Waals surface area (Å²) in [6, 6.07) is 0. The fourth-order valence-electron chi connectivity index (χ4n) is 4.19. The number of nitrogens with zero attached hydrogens (tertiary/aromatic N) is 1. The third-order valence-corrected chi connectivity index (χ3v) is 6.53. The van der Waals surface area contributed by atoms with E-state index in [-0.39, 0.29) is 0 Å². The van der Waals surface area contributed by atoms with Crippen LogP contribution in [0.3, 0.4) is 0 Å². The van der Waals surface area contributed by atoms with Crippen LogP contribution >= 0.6 is 15.9 Å². The zero-order valence-corrected chi connectivity index (χ0v) is 20.3. The maximum atomic E-state index is 3.58. The summed E-state index contributed by atoms with van der Waals surface area (Å²) in [4.78, 5) is 0. The fourth-order valence-corrected chi connectivity index (χ4v) is 4.58. The number of hydrogen-bond acceptors (Lipinski definition) is 0. The van der Waals surface area contributed by atoms with Crippen LogP contribution in [0.25, 0.3) is 0 Å². The van der Waals surface area contributed by atoms with Crippen LogP contribution in [0.1, 0.15) is 124 Å². The SMILES string of the molecule is CCCCCC[N+](CCCCCC)(CCCCCC)CCCCCCBr. The molecule has 0 spiro atoms. The van der Waals surface area contributed by atoms with E-state index in [2.05, 4.69) is 36.7 Å². The molecule has 0 aromatic heterocycles. The zero-order valence-electron chi connectivity index (χ0n) is 18.7. The molecule has 0 aliphatic heterocycles. The third kappa shape index (κ3) is 15.5. The first-order chi connectivity index (χ1) is 12.7. The second kappa shape index (κ2) is 20.2. The van der Waals surface area contributed by atoms with E-state index in [1.807, 2.05) is 0 Å². The van der Waals surface area contributed by atoms with Gasteiger partial charge in [0.2, 0.25) is 0 Å². The van der Waals surface area contributed by atoms with Crippen LogP contribution in [0, 0.1) is 0 Å². The molecule has 0 aromatic rings. The first kappa shape index (κ1) is 26.4. The molecule has 26 heavy (non-hydrogen) atoms. The minimum absolute atomic E-state index is 1.18. The number of rotatable bonds is 21. The van der Waals surface area contributed by atoms with Gasteiger partial charge in [0.15, 0.2) is 0 Å². The van der Waals surface area contributed by atoms with Crippen LogP contribution < -0.4 is 0 Å². The van der Waals surface area contributed by atoms with Crippen molar-refractivity contribution in [2.75, 3.05) is 31.5 Å². The van der Waals surface area contributed by atoms with E-state index in [9.17, 15) is 0 Å². The van der Waals surface area contributed by atoms with E-state index in [4.69, 9.17) is 0 Å². The lowest BCUT2D eigenvalue weighted by Gasteiger charge is -2.39. The Morgan fingerprint density at radius 3 is 1.04 bits per heavy atom. The summed E-state index contributed by atoms with van der Waals surface area (Å²) in [5.41, 5.74) is 0. The lowest BCUT2D eigenvalue weighted by Crippen LogP contribution is -2.50. The van der Waals surface area contributed by atoms with Gasteiger partial charge >= 0.3 is 0 Å². The molecule has 0 saturated carbocycles. The molecule has 0 bridgehead atoms. The molecule has 0 N–H and O–H groups in total. The summed E-state index contributed by atoms with van der Waals surface area (Å²) in [5, 5.41) is 1.18. The van der Waals surface area contributed by atoms with Crippen LogP contribution in [0.15, 0.2) is 0 Å². The molecule has 2 heteroatoms. The van der Waals surface area contributed by atoms with Gasteiger partial charge in [0.1, 0.15) is 0 Å². The highest BCUT2D eigenvalue weighted by Crippen LogP contribution is 2.19. The molecular weight excluding hydrogens is 382 g/mol. The van der Waals surface area contributed by atoms with Crippen LogP contribution in [0.4, 0.5) is 0 Å². The van der Waals surface area contributed by atoms with Gasteiger partial charge in [-0.3, -0.25) is 0 Å². The molecule has 0 saturated heterocycles. The quantitative estimate of drug-likeness (QED) is 0.0967. The van der Waals surface area contributed by atoms with Crippen molar-refractivity contribution in [1.82, 2.24) is 0 Å². The molecule has 0 fully saturated rings. The number of quaternary nitrogens is 1. The van der Waals surface area contributed by atoms with E-state index in [0.29, 0.717) is 0 Å². The fraction of sp³-hybridized carbons (Fsp3) is 1.00. The molecule has 0 radical (unpaired) electrons. The average Bonchev–Trinajstić information content (AvgIpc) is 2.65. The van der Waals surface area contributed by atoms with E-state index in [0.717, 1.165) is 0 Å². The monoisotopic (exact) mass is 432 g/mol. The van der Waals surface area contributed by atoms with Crippen molar-refractivity contribution >= 4 is 15.9 Å². The van der Waals surface area contributed by atoms with Gasteiger partial charge in [0, 0.05) is 5.33 Å². The van der Waals surface area contributed by atoms with Crippen molar-refractivity contribution in [2.24, 2.45) is 0 Å². The molecule has 158 valence electrons. The molecule has 1 nitrogen and oxygen atoms in total. The summed E-state index contributed by atoms with van der Waals surface area (Å²) in [7, 11) is 0. The van der Waals surface area contributed by atoms with Crippen LogP contribution in [0.2, 0.25) is 0 Å². The molecule has 0 atom stereocenters. The van der Waals surface area contributed by atoms with Gasteiger partial charge in [0.05, 0.1) is 26.2 Å². The Kier molecular flexibility index (Phi) is 20.5. The van der Waals surface area contributed by atoms with E-state index in [1.165, 1.54) is 139 Å². The molecule has 0 amide bonds. The van der Waals surface area contributed by atoms with Gasteiger partial charge in [-0.2, -0.15) is 0 Å². The summed E-state index contributed by atoms with van der Waals surface area (Å²) in [6.07, 6.45) is 22.7. The molecule has 0 heterocycles. The summed E-state index contributed by atoms with van der Waals surface area (Å²) < 4.78 is 1.45. The maximum Gasteiger partial charge on any atom is 0.0786 e. The zero-order chi connectivity index (χ0) is 19.3. The van der Waals surface area contributed by atoms with E-state index >= 15 is 0 Å². The van der Waals surface area contributed by atoms with Gasteiger partial charge in [-0.15, -0.1) is 0 Å². The Labute approximate surface area is 175 Å². The van der Waals surface area contributed by atoms with Gasteiger partial charge in [-0.05, 0) is 57.8 Å². The average molecular weight is 434 g/mol. The molecule has 0 unspecified atom stereocenters. The Bertz CT molecular complexity index is 236. The highest BCUT2D eigenvalue weighted by Gasteiger charge is 2.25. The first-order valence-corrected chi connectivity index (χ1v) is 13.3. The van der Waals surface area contributed by atoms with Gasteiger partial charge in [-0.25, -0.2) is 0 Å². The van der Waals surface area contributed by atoms with E-state index in [1.54, 1.807) is 0 Å². The second-order valence-electron chi connectivity index (χ2n) is 8.52. The Morgan fingerprint density at radius 1 is 0.423 bits per heavy atom. The lowest BCUT2D eigenvalue weighted by atomic mass is 10.1. The number of unbranched alkanes of at least 4 members (excludes halogenated alkanes) is 12. The third-order valence-electron chi connectivity index (χ3n) is 5.97. The largest absolute Gasteiger partial charge is 0.324 e. The van der Waals surface area contributed by atoms with Crippen molar-refractivity contribution < 1.29 is 4.48 Å². The Balaban J connectivity index is 4.63. The van der Waals surface area contributed by atoms with Gasteiger partial charge in [-0.1, -0.05) is 81.6 Å². The smallest absolute Gasteiger partial charge is 0.0786 e. The summed E-state index contributed by atoms with van der Waals surface area (Å²) in [5.74, 6) is 0. The van der Waals surface area contributed by atoms with Crippen LogP contribution in [-0.2, 0) is 0 Å². The van der Waals surface area contributed by atoms with Gasteiger partial charge < -0.3 is 4.48 Å². The topological polar surface area (TPSA) is 0 Å². The maximum absolute atomic E-state index is 3.58. The van der Waals surface area contributed by atoms with Crippen LogP contribution in [-0.4, -0.2) is 36.0 Å². The predicted molar refractivity (Wildman–Crippen MR) is 124 cm³/mol. The summed E-state index contributed by atoms with van der Waals surface area (Å²) >= 11 is 3.58. The first-order valence-electron chi connectivity index (χ1n) is 12.2. The highest BCUT2D eigenvalue weighted by atomic mass is 79.9. The standard InChI is InChI=1S/C24H51BrN/c1-4-7-10-16-21-26(22-17-11-8-5-2,23-18-12-9-6-3)24-19-14-13-15-20-25/h4-24H2,1-3H3/q+1. The second-order valence-corrected chi connectivity index (χ2v) is 9.31. The molecule has 0 aliphatic rings. The van der Waals surface area contributed by atoms with E-state index < -0.39 is 0 Å². The van der Waals surface area contributed by atoms with Crippen molar-refractivity contribution in [3.05, 3.63) is 0 Å². The van der Waals surface area contributed by atoms with Crippen molar-refractivity contribution in [1.29, 1.82) is 0 Å².